The minimum Gasteiger partial charge on any atom is -0.494 e. The van der Waals surface area contributed by atoms with E-state index in [-0.39, 0.29) is 24.7 Å². The summed E-state index contributed by atoms with van der Waals surface area (Å²) in [4.78, 5) is 34.7. The van der Waals surface area contributed by atoms with E-state index in [0.717, 1.165) is 6.42 Å². The minimum absolute atomic E-state index is 0.00457. The zero-order chi connectivity index (χ0) is 21.1. The topological polar surface area (TPSA) is 93.7 Å². The quantitative estimate of drug-likeness (QED) is 0.365. The van der Waals surface area contributed by atoms with Gasteiger partial charge in [0.1, 0.15) is 11.5 Å². The fraction of sp³-hybridized carbons (Fsp3) is 0.318. The first-order valence-corrected chi connectivity index (χ1v) is 9.51. The Balaban J connectivity index is 1.57. The third kappa shape index (κ3) is 8.04. The van der Waals surface area contributed by atoms with E-state index in [1.807, 2.05) is 12.1 Å². The number of ether oxygens (including phenoxy) is 2. The summed E-state index contributed by atoms with van der Waals surface area (Å²) in [5.41, 5.74) is 6.46. The molecule has 0 spiro atoms. The van der Waals surface area contributed by atoms with Crippen molar-refractivity contribution in [2.45, 2.75) is 33.1 Å². The first-order chi connectivity index (χ1) is 14.0. The van der Waals surface area contributed by atoms with Crippen molar-refractivity contribution in [1.82, 2.24) is 10.9 Å². The number of carbonyl (C=O) groups is 3. The summed E-state index contributed by atoms with van der Waals surface area (Å²) >= 11 is 0. The molecule has 0 atom stereocenters. The average molecular weight is 398 g/mol. The van der Waals surface area contributed by atoms with E-state index in [2.05, 4.69) is 17.8 Å². The summed E-state index contributed by atoms with van der Waals surface area (Å²) in [7, 11) is 0. The minimum atomic E-state index is -0.445. The van der Waals surface area contributed by atoms with Crippen LogP contribution in [0.4, 0.5) is 0 Å². The molecule has 0 aliphatic rings. The lowest BCUT2D eigenvalue weighted by molar-refractivity contribution is -0.130. The maximum atomic E-state index is 11.8. The van der Waals surface area contributed by atoms with Crippen LogP contribution in [0.2, 0.25) is 0 Å². The highest BCUT2D eigenvalue weighted by Crippen LogP contribution is 2.13. The van der Waals surface area contributed by atoms with Crippen LogP contribution < -0.4 is 20.3 Å². The monoisotopic (exact) mass is 398 g/mol. The molecule has 0 unspecified atom stereocenters. The molecule has 0 aliphatic heterocycles. The van der Waals surface area contributed by atoms with Crippen molar-refractivity contribution < 1.29 is 23.9 Å². The molecule has 2 N–H and O–H groups in total. The molecule has 29 heavy (non-hydrogen) atoms. The second-order valence-electron chi connectivity index (χ2n) is 6.42. The third-order valence-electron chi connectivity index (χ3n) is 4.12. The number of rotatable bonds is 10. The molecule has 0 aromatic heterocycles. The Hall–Kier alpha value is -3.35. The van der Waals surface area contributed by atoms with Crippen molar-refractivity contribution in [2.24, 2.45) is 0 Å². The van der Waals surface area contributed by atoms with Gasteiger partial charge in [0.2, 0.25) is 5.91 Å². The van der Waals surface area contributed by atoms with Crippen molar-refractivity contribution in [3.8, 4) is 11.5 Å². The molecule has 0 bridgehead atoms. The maximum absolute atomic E-state index is 11.8. The molecule has 2 aromatic rings. The number of hydrogen-bond donors (Lipinski definition) is 2. The number of hydrogen-bond acceptors (Lipinski definition) is 5. The second kappa shape index (κ2) is 11.5. The van der Waals surface area contributed by atoms with Gasteiger partial charge in [0, 0.05) is 12.0 Å². The van der Waals surface area contributed by atoms with Crippen LogP contribution in [-0.4, -0.2) is 30.8 Å². The summed E-state index contributed by atoms with van der Waals surface area (Å²) < 4.78 is 10.9. The second-order valence-corrected chi connectivity index (χ2v) is 6.42. The van der Waals surface area contributed by atoms with Gasteiger partial charge in [-0.25, -0.2) is 0 Å². The number of aryl methyl sites for hydroxylation is 1. The molecule has 2 aromatic carbocycles. The van der Waals surface area contributed by atoms with Crippen LogP contribution in [0, 0.1) is 0 Å². The summed E-state index contributed by atoms with van der Waals surface area (Å²) in [6.45, 7) is 3.72. The lowest BCUT2D eigenvalue weighted by Crippen LogP contribution is -2.43. The molecule has 2 rings (SSSR count). The number of benzene rings is 2. The van der Waals surface area contributed by atoms with E-state index in [1.54, 1.807) is 36.4 Å². The summed E-state index contributed by atoms with van der Waals surface area (Å²) in [5.74, 6) is 0.459. The van der Waals surface area contributed by atoms with Crippen LogP contribution in [0.25, 0.3) is 0 Å². The van der Waals surface area contributed by atoms with Gasteiger partial charge in [-0.05, 0) is 61.7 Å². The fourth-order valence-corrected chi connectivity index (χ4v) is 2.42. The first-order valence-electron chi connectivity index (χ1n) is 9.51. The number of hydrazine groups is 1. The molecule has 0 saturated heterocycles. The Morgan fingerprint density at radius 2 is 1.41 bits per heavy atom. The molecule has 154 valence electrons. The Morgan fingerprint density at radius 3 is 2.03 bits per heavy atom. The molecule has 0 fully saturated rings. The molecule has 2 amide bonds. The van der Waals surface area contributed by atoms with E-state index < -0.39 is 5.91 Å². The maximum Gasteiger partial charge on any atom is 0.276 e. The van der Waals surface area contributed by atoms with E-state index in [9.17, 15) is 14.4 Å². The fourth-order valence-electron chi connectivity index (χ4n) is 2.42. The van der Waals surface area contributed by atoms with Crippen LogP contribution in [0.15, 0.2) is 48.5 Å². The van der Waals surface area contributed by atoms with Gasteiger partial charge in [0.25, 0.3) is 5.91 Å². The SMILES string of the molecule is CCc1ccc(OCC(=O)NNC(=O)CCCOc2ccc(C(C)=O)cc2)cc1. The zero-order valence-electron chi connectivity index (χ0n) is 16.7. The van der Waals surface area contributed by atoms with Gasteiger partial charge in [0.15, 0.2) is 12.4 Å². The molecule has 7 heteroatoms. The highest BCUT2D eigenvalue weighted by atomic mass is 16.5. The van der Waals surface area contributed by atoms with Crippen LogP contribution in [0.5, 0.6) is 11.5 Å². The van der Waals surface area contributed by atoms with Crippen molar-refractivity contribution in [3.05, 3.63) is 59.7 Å². The van der Waals surface area contributed by atoms with E-state index in [0.29, 0.717) is 30.1 Å². The summed E-state index contributed by atoms with van der Waals surface area (Å²) in [5, 5.41) is 0. The van der Waals surface area contributed by atoms with Crippen LogP contribution in [0.3, 0.4) is 0 Å². The Labute approximate surface area is 170 Å². The largest absolute Gasteiger partial charge is 0.494 e. The Kier molecular flexibility index (Phi) is 8.69. The molecule has 0 saturated carbocycles. The predicted molar refractivity (Wildman–Crippen MR) is 109 cm³/mol. The molecule has 0 radical (unpaired) electrons. The number of ketones is 1. The van der Waals surface area contributed by atoms with Gasteiger partial charge in [0.05, 0.1) is 6.61 Å². The van der Waals surface area contributed by atoms with Gasteiger partial charge in [-0.2, -0.15) is 0 Å². The normalized spacial score (nSPS) is 10.1. The summed E-state index contributed by atoms with van der Waals surface area (Å²) in [6, 6.07) is 14.3. The lowest BCUT2D eigenvalue weighted by Gasteiger charge is -2.10. The molecule has 0 heterocycles. The highest BCUT2D eigenvalue weighted by Gasteiger charge is 2.06. The number of amides is 2. The van der Waals surface area contributed by atoms with Gasteiger partial charge < -0.3 is 9.47 Å². The Bertz CT molecular complexity index is 816. The third-order valence-corrected chi connectivity index (χ3v) is 4.12. The Morgan fingerprint density at radius 1 is 0.828 bits per heavy atom. The first kappa shape index (κ1) is 21.9. The standard InChI is InChI=1S/C22H26N2O5/c1-3-17-6-10-20(11-7-17)29-15-22(27)24-23-21(26)5-4-14-28-19-12-8-18(9-13-19)16(2)25/h6-13H,3-5,14-15H2,1-2H3,(H,23,26)(H,24,27). The zero-order valence-corrected chi connectivity index (χ0v) is 16.7. The molecule has 0 aliphatic carbocycles. The van der Waals surface area contributed by atoms with E-state index in [1.165, 1.54) is 12.5 Å². The van der Waals surface area contributed by atoms with Crippen LogP contribution in [0.1, 0.15) is 42.6 Å². The van der Waals surface area contributed by atoms with Crippen molar-refractivity contribution in [2.75, 3.05) is 13.2 Å². The van der Waals surface area contributed by atoms with Gasteiger partial charge >= 0.3 is 0 Å². The van der Waals surface area contributed by atoms with Gasteiger partial charge in [-0.1, -0.05) is 19.1 Å². The van der Waals surface area contributed by atoms with Crippen molar-refractivity contribution in [3.63, 3.8) is 0 Å². The molecule has 7 nitrogen and oxygen atoms in total. The lowest BCUT2D eigenvalue weighted by atomic mass is 10.1. The van der Waals surface area contributed by atoms with Crippen molar-refractivity contribution >= 4 is 17.6 Å². The highest BCUT2D eigenvalue weighted by molar-refractivity contribution is 5.94. The molecular formula is C22H26N2O5. The average Bonchev–Trinajstić information content (AvgIpc) is 2.74. The van der Waals surface area contributed by atoms with E-state index >= 15 is 0 Å². The van der Waals surface area contributed by atoms with E-state index in [4.69, 9.17) is 9.47 Å². The van der Waals surface area contributed by atoms with Crippen LogP contribution in [-0.2, 0) is 16.0 Å². The number of Topliss-reactive ketones (excluding diaryl/α,β-unsaturated/α-hetero) is 1. The molecular weight excluding hydrogens is 372 g/mol. The van der Waals surface area contributed by atoms with Crippen molar-refractivity contribution in [1.29, 1.82) is 0 Å². The smallest absolute Gasteiger partial charge is 0.276 e. The van der Waals surface area contributed by atoms with Gasteiger partial charge in [-0.15, -0.1) is 0 Å². The number of nitrogens with one attached hydrogen (secondary N) is 2. The summed E-state index contributed by atoms with van der Waals surface area (Å²) in [6.07, 6.45) is 1.62. The van der Waals surface area contributed by atoms with Gasteiger partial charge in [-0.3, -0.25) is 25.2 Å². The number of carbonyl (C=O) groups excluding carboxylic acids is 3. The van der Waals surface area contributed by atoms with Crippen LogP contribution >= 0.6 is 0 Å². The predicted octanol–water partition coefficient (Wildman–Crippen LogP) is 2.84.